The number of para-hydroxylation sites is 1. The van der Waals surface area contributed by atoms with E-state index in [9.17, 15) is 9.59 Å². The van der Waals surface area contributed by atoms with E-state index >= 15 is 0 Å². The fourth-order valence-corrected chi connectivity index (χ4v) is 8.64. The number of carbonyl (C=O) groups is 1. The largest absolute Gasteiger partial charge is 0.368 e. The number of halogens is 1. The highest BCUT2D eigenvalue weighted by atomic mass is 35.5. The van der Waals surface area contributed by atoms with Crippen LogP contribution in [0.3, 0.4) is 0 Å². The normalized spacial score (nSPS) is 20.2. The maximum atomic E-state index is 14.2. The van der Waals surface area contributed by atoms with Crippen molar-refractivity contribution in [2.45, 2.75) is 65.3 Å². The molecule has 0 spiro atoms. The summed E-state index contributed by atoms with van der Waals surface area (Å²) in [6.07, 6.45) is 7.29. The van der Waals surface area contributed by atoms with Crippen LogP contribution in [0.2, 0.25) is 5.02 Å². The number of thiazole rings is 1. The van der Waals surface area contributed by atoms with E-state index < -0.39 is 0 Å². The third kappa shape index (κ3) is 5.37. The van der Waals surface area contributed by atoms with Crippen molar-refractivity contribution in [2.24, 2.45) is 11.8 Å². The van der Waals surface area contributed by atoms with Crippen LogP contribution in [-0.4, -0.2) is 54.0 Å². The Kier molecular flexibility index (Phi) is 8.30. The molecular formula is C33H41ClN4O2S. The summed E-state index contributed by atoms with van der Waals surface area (Å²) < 4.78 is 3.10. The minimum Gasteiger partial charge on any atom is -0.368 e. The predicted octanol–water partition coefficient (Wildman–Crippen LogP) is 7.19. The molecule has 1 saturated carbocycles. The number of benzene rings is 2. The molecule has 1 aliphatic heterocycles. The molecular weight excluding hydrogens is 552 g/mol. The summed E-state index contributed by atoms with van der Waals surface area (Å²) in [6.45, 7) is 10.9. The average Bonchev–Trinajstić information content (AvgIpc) is 3.57. The minimum atomic E-state index is -0.270. The van der Waals surface area contributed by atoms with E-state index in [-0.39, 0.29) is 16.9 Å². The summed E-state index contributed by atoms with van der Waals surface area (Å²) in [7, 11) is 0. The summed E-state index contributed by atoms with van der Waals surface area (Å²) >= 11 is 8.42. The lowest BCUT2D eigenvalue weighted by atomic mass is 9.89. The van der Waals surface area contributed by atoms with Crippen molar-refractivity contribution in [1.82, 2.24) is 14.6 Å². The third-order valence-electron chi connectivity index (χ3n) is 9.40. The number of nitrogens with zero attached hydrogens (tertiary/aromatic N) is 3. The Bertz CT molecular complexity index is 1640. The Labute approximate surface area is 251 Å². The van der Waals surface area contributed by atoms with E-state index in [1.54, 1.807) is 0 Å². The number of nitrogens with one attached hydrogen (secondary N) is 1. The summed E-state index contributed by atoms with van der Waals surface area (Å²) in [5.41, 5.74) is 2.63. The highest BCUT2D eigenvalue weighted by Gasteiger charge is 2.28. The first kappa shape index (κ1) is 28.5. The standard InChI is InChI=1S/C33H41ClN4O2S/c1-4-8-22-9-7-10-23(22)13-14-35-32(40)30-31(39)24-19-28(37-17-15-36(16-18-37)21(2)3)25(34)20-27(24)38-26-11-5-6-12-29(26)41-33(30)38/h5-6,11-12,19-23H,4,7-10,13-18H2,1-3H3,(H,35,40). The fraction of sp³-hybridized carbons (Fsp3) is 0.515. The average molecular weight is 593 g/mol. The molecule has 1 aliphatic carbocycles. The molecule has 4 aromatic rings. The summed E-state index contributed by atoms with van der Waals surface area (Å²) in [5.74, 6) is 1.16. The second kappa shape index (κ2) is 11.9. The number of amides is 1. The summed E-state index contributed by atoms with van der Waals surface area (Å²) in [4.78, 5) is 33.4. The third-order valence-corrected chi connectivity index (χ3v) is 10.8. The Morgan fingerprint density at radius 2 is 1.78 bits per heavy atom. The lowest BCUT2D eigenvalue weighted by molar-refractivity contribution is 0.0951. The Hall–Kier alpha value is -2.61. The summed E-state index contributed by atoms with van der Waals surface area (Å²) in [5, 5.41) is 4.32. The van der Waals surface area contributed by atoms with Gasteiger partial charge in [-0.25, -0.2) is 0 Å². The van der Waals surface area contributed by atoms with Gasteiger partial charge in [0.1, 0.15) is 10.4 Å². The molecule has 1 amide bonds. The van der Waals surface area contributed by atoms with Crippen LogP contribution in [0.4, 0.5) is 5.69 Å². The van der Waals surface area contributed by atoms with Crippen LogP contribution in [0.1, 0.15) is 69.7 Å². The van der Waals surface area contributed by atoms with Gasteiger partial charge in [-0.15, -0.1) is 11.3 Å². The number of rotatable bonds is 8. The minimum absolute atomic E-state index is 0.215. The number of fused-ring (bicyclic) bond motifs is 5. The van der Waals surface area contributed by atoms with Crippen LogP contribution in [-0.2, 0) is 0 Å². The highest BCUT2D eigenvalue weighted by Crippen LogP contribution is 2.38. The molecule has 2 unspecified atom stereocenters. The van der Waals surface area contributed by atoms with E-state index in [1.165, 1.54) is 43.4 Å². The maximum Gasteiger partial charge on any atom is 0.258 e. The van der Waals surface area contributed by atoms with Gasteiger partial charge in [-0.3, -0.25) is 18.9 Å². The molecule has 2 aromatic heterocycles. The fourth-order valence-electron chi connectivity index (χ4n) is 7.17. The number of hydrogen-bond acceptors (Lipinski definition) is 5. The van der Waals surface area contributed by atoms with Gasteiger partial charge in [-0.05, 0) is 56.4 Å². The lowest BCUT2D eigenvalue weighted by Gasteiger charge is -2.38. The molecule has 0 radical (unpaired) electrons. The molecule has 1 saturated heterocycles. The van der Waals surface area contributed by atoms with Gasteiger partial charge < -0.3 is 10.2 Å². The number of aromatic nitrogens is 1. The molecule has 2 atom stereocenters. The van der Waals surface area contributed by atoms with Crippen molar-refractivity contribution in [3.8, 4) is 0 Å². The van der Waals surface area contributed by atoms with Crippen molar-refractivity contribution in [3.05, 3.63) is 57.2 Å². The SMILES string of the molecule is CCCC1CCCC1CCNC(=O)c1c(=O)c2cc(N3CCN(C(C)C)CC3)c(Cl)cc2n2c1sc1ccccc12. The number of carbonyl (C=O) groups excluding carboxylic acids is 1. The molecule has 8 heteroatoms. The summed E-state index contributed by atoms with van der Waals surface area (Å²) in [6, 6.07) is 12.4. The lowest BCUT2D eigenvalue weighted by Crippen LogP contribution is -2.49. The van der Waals surface area contributed by atoms with Gasteiger partial charge in [0, 0.05) is 44.2 Å². The predicted molar refractivity (Wildman–Crippen MR) is 173 cm³/mol. The van der Waals surface area contributed by atoms with Crippen molar-refractivity contribution >= 4 is 60.5 Å². The van der Waals surface area contributed by atoms with Crippen molar-refractivity contribution in [1.29, 1.82) is 0 Å². The number of piperazine rings is 1. The smallest absolute Gasteiger partial charge is 0.258 e. The van der Waals surface area contributed by atoms with E-state index in [0.717, 1.165) is 59.9 Å². The number of anilines is 1. The van der Waals surface area contributed by atoms with Gasteiger partial charge in [0.2, 0.25) is 5.43 Å². The Morgan fingerprint density at radius 1 is 1.05 bits per heavy atom. The van der Waals surface area contributed by atoms with E-state index in [1.807, 2.05) is 36.4 Å². The molecule has 6 nitrogen and oxygen atoms in total. The number of pyridine rings is 1. The monoisotopic (exact) mass is 592 g/mol. The van der Waals surface area contributed by atoms with Gasteiger partial charge >= 0.3 is 0 Å². The highest BCUT2D eigenvalue weighted by molar-refractivity contribution is 7.24. The Morgan fingerprint density at radius 3 is 2.51 bits per heavy atom. The molecule has 1 N–H and O–H groups in total. The van der Waals surface area contributed by atoms with E-state index in [0.29, 0.717) is 33.7 Å². The zero-order valence-corrected chi connectivity index (χ0v) is 26.0. The molecule has 0 bridgehead atoms. The van der Waals surface area contributed by atoms with Crippen LogP contribution in [0, 0.1) is 11.8 Å². The molecule has 6 rings (SSSR count). The first-order chi connectivity index (χ1) is 19.9. The second-order valence-electron chi connectivity index (χ2n) is 12.1. The zero-order chi connectivity index (χ0) is 28.7. The molecule has 218 valence electrons. The topological polar surface area (TPSA) is 57.1 Å². The van der Waals surface area contributed by atoms with Crippen LogP contribution in [0.15, 0.2) is 41.2 Å². The second-order valence-corrected chi connectivity index (χ2v) is 13.6. The van der Waals surface area contributed by atoms with Crippen molar-refractivity contribution in [3.63, 3.8) is 0 Å². The van der Waals surface area contributed by atoms with Crippen LogP contribution >= 0.6 is 22.9 Å². The van der Waals surface area contributed by atoms with Gasteiger partial charge in [0.05, 0.1) is 26.4 Å². The zero-order valence-electron chi connectivity index (χ0n) is 24.4. The molecule has 3 heterocycles. The van der Waals surface area contributed by atoms with Crippen LogP contribution in [0.25, 0.3) is 25.9 Å². The van der Waals surface area contributed by atoms with E-state index in [2.05, 4.69) is 40.3 Å². The van der Waals surface area contributed by atoms with Gasteiger partial charge in [0.15, 0.2) is 0 Å². The number of hydrogen-bond donors (Lipinski definition) is 1. The van der Waals surface area contributed by atoms with Gasteiger partial charge in [0.25, 0.3) is 5.91 Å². The quantitative estimate of drug-likeness (QED) is 0.235. The van der Waals surface area contributed by atoms with Crippen LogP contribution in [0.5, 0.6) is 0 Å². The first-order valence-corrected chi connectivity index (χ1v) is 16.5. The van der Waals surface area contributed by atoms with Crippen molar-refractivity contribution in [2.75, 3.05) is 37.6 Å². The molecule has 41 heavy (non-hydrogen) atoms. The first-order valence-electron chi connectivity index (χ1n) is 15.3. The Balaban J connectivity index is 1.39. The van der Waals surface area contributed by atoms with E-state index in [4.69, 9.17) is 11.6 Å². The van der Waals surface area contributed by atoms with Gasteiger partial charge in [-0.2, -0.15) is 0 Å². The molecule has 2 aromatic carbocycles. The molecule has 2 aliphatic rings. The molecule has 2 fully saturated rings. The van der Waals surface area contributed by atoms with Crippen LogP contribution < -0.4 is 15.6 Å². The van der Waals surface area contributed by atoms with Gasteiger partial charge in [-0.1, -0.05) is 62.8 Å². The maximum absolute atomic E-state index is 14.2. The van der Waals surface area contributed by atoms with Crippen molar-refractivity contribution < 1.29 is 4.79 Å².